The first-order chi connectivity index (χ1) is 10.7. The fourth-order valence-corrected chi connectivity index (χ4v) is 3.00. The van der Waals surface area contributed by atoms with Crippen molar-refractivity contribution in [2.75, 3.05) is 27.7 Å². The summed E-state index contributed by atoms with van der Waals surface area (Å²) in [5, 5.41) is 7.04. The Bertz CT molecular complexity index is 455. The molecule has 0 saturated heterocycles. The summed E-state index contributed by atoms with van der Waals surface area (Å²) in [7, 11) is 6.14. The van der Waals surface area contributed by atoms with Gasteiger partial charge in [0.15, 0.2) is 5.96 Å². The summed E-state index contributed by atoms with van der Waals surface area (Å²) in [6.07, 6.45) is 6.25. The van der Waals surface area contributed by atoms with Gasteiger partial charge in [-0.1, -0.05) is 43.2 Å². The molecule has 5 heteroatoms. The summed E-state index contributed by atoms with van der Waals surface area (Å²) >= 11 is 0. The predicted molar refractivity (Wildman–Crippen MR) is 110 cm³/mol. The van der Waals surface area contributed by atoms with Gasteiger partial charge in [0.25, 0.3) is 0 Å². The van der Waals surface area contributed by atoms with E-state index in [1.54, 1.807) is 0 Å². The maximum atomic E-state index is 4.37. The van der Waals surface area contributed by atoms with E-state index < -0.39 is 0 Å². The topological polar surface area (TPSA) is 39.7 Å². The van der Waals surface area contributed by atoms with Crippen LogP contribution < -0.4 is 10.6 Å². The Hall–Kier alpha value is -0.820. The van der Waals surface area contributed by atoms with Crippen LogP contribution in [0.5, 0.6) is 0 Å². The molecule has 4 nitrogen and oxygen atoms in total. The number of halogens is 1. The largest absolute Gasteiger partial charge is 0.355 e. The van der Waals surface area contributed by atoms with Crippen LogP contribution in [0.4, 0.5) is 0 Å². The Kier molecular flexibility index (Phi) is 9.55. The van der Waals surface area contributed by atoms with Crippen molar-refractivity contribution in [1.29, 1.82) is 0 Å². The number of guanidine groups is 1. The number of nitrogens with one attached hydrogen (secondary N) is 2. The van der Waals surface area contributed by atoms with Crippen LogP contribution in [0.2, 0.25) is 0 Å². The quantitative estimate of drug-likeness (QED) is 0.414. The molecule has 23 heavy (non-hydrogen) atoms. The Labute approximate surface area is 158 Å². The van der Waals surface area contributed by atoms with Crippen molar-refractivity contribution >= 4 is 29.9 Å². The predicted octanol–water partition coefficient (Wildman–Crippen LogP) is 2.88. The molecule has 0 aromatic heterocycles. The molecule has 1 saturated carbocycles. The van der Waals surface area contributed by atoms with Gasteiger partial charge in [0, 0.05) is 25.7 Å². The zero-order valence-corrected chi connectivity index (χ0v) is 16.9. The smallest absolute Gasteiger partial charge is 0.191 e. The molecule has 0 heterocycles. The lowest BCUT2D eigenvalue weighted by Gasteiger charge is -2.26. The van der Waals surface area contributed by atoms with E-state index in [9.17, 15) is 0 Å². The molecule has 0 aliphatic heterocycles. The average Bonchev–Trinajstić information content (AvgIpc) is 3.03. The number of nitrogens with zero attached hydrogens (tertiary/aromatic N) is 2. The van der Waals surface area contributed by atoms with Gasteiger partial charge in [-0.2, -0.15) is 0 Å². The van der Waals surface area contributed by atoms with E-state index in [1.165, 1.54) is 31.2 Å². The van der Waals surface area contributed by atoms with Crippen molar-refractivity contribution in [3.8, 4) is 0 Å². The molecule has 1 aliphatic carbocycles. The van der Waals surface area contributed by atoms with E-state index in [0.29, 0.717) is 12.1 Å². The molecule has 0 amide bonds. The van der Waals surface area contributed by atoms with E-state index in [1.807, 2.05) is 7.05 Å². The van der Waals surface area contributed by atoms with E-state index >= 15 is 0 Å². The highest BCUT2D eigenvalue weighted by molar-refractivity contribution is 14.0. The second-order valence-corrected chi connectivity index (χ2v) is 6.39. The molecule has 1 aromatic carbocycles. The Morgan fingerprint density at radius 1 is 1.22 bits per heavy atom. The van der Waals surface area contributed by atoms with Crippen LogP contribution in [0, 0.1) is 0 Å². The highest BCUT2D eigenvalue weighted by Gasteiger charge is 2.17. The maximum Gasteiger partial charge on any atom is 0.191 e. The zero-order chi connectivity index (χ0) is 15.8. The van der Waals surface area contributed by atoms with Crippen molar-refractivity contribution in [2.24, 2.45) is 4.99 Å². The van der Waals surface area contributed by atoms with Crippen molar-refractivity contribution in [3.05, 3.63) is 35.9 Å². The van der Waals surface area contributed by atoms with Gasteiger partial charge in [-0.3, -0.25) is 4.99 Å². The van der Waals surface area contributed by atoms with E-state index in [0.717, 1.165) is 18.9 Å². The van der Waals surface area contributed by atoms with Crippen molar-refractivity contribution in [1.82, 2.24) is 15.5 Å². The van der Waals surface area contributed by atoms with Gasteiger partial charge < -0.3 is 15.5 Å². The van der Waals surface area contributed by atoms with Crippen molar-refractivity contribution in [2.45, 2.75) is 44.2 Å². The minimum atomic E-state index is 0. The van der Waals surface area contributed by atoms with Crippen LogP contribution in [0.1, 0.15) is 31.2 Å². The summed E-state index contributed by atoms with van der Waals surface area (Å²) in [4.78, 5) is 6.65. The maximum absolute atomic E-state index is 4.37. The van der Waals surface area contributed by atoms with Gasteiger partial charge in [-0.05, 0) is 38.9 Å². The Morgan fingerprint density at radius 3 is 2.43 bits per heavy atom. The van der Waals surface area contributed by atoms with Gasteiger partial charge in [-0.25, -0.2) is 0 Å². The molecule has 1 atom stereocenters. The van der Waals surface area contributed by atoms with Crippen LogP contribution in [0.15, 0.2) is 35.3 Å². The number of benzene rings is 1. The number of aliphatic imine (C=N–C) groups is 1. The number of likely N-dealkylation sites (N-methyl/N-ethyl adjacent to an activating group) is 1. The Balaban J connectivity index is 0.00000264. The van der Waals surface area contributed by atoms with Crippen LogP contribution in [0.3, 0.4) is 0 Å². The molecule has 1 aliphatic rings. The number of hydrogen-bond acceptors (Lipinski definition) is 2. The average molecular weight is 430 g/mol. The first kappa shape index (κ1) is 20.2. The number of hydrogen-bond donors (Lipinski definition) is 2. The van der Waals surface area contributed by atoms with Crippen molar-refractivity contribution in [3.63, 3.8) is 0 Å². The van der Waals surface area contributed by atoms with Crippen molar-refractivity contribution < 1.29 is 0 Å². The summed E-state index contributed by atoms with van der Waals surface area (Å²) in [5.41, 5.74) is 1.38. The van der Waals surface area contributed by atoms with Crippen LogP contribution >= 0.6 is 24.0 Å². The highest BCUT2D eigenvalue weighted by Crippen LogP contribution is 2.17. The Morgan fingerprint density at radius 2 is 1.87 bits per heavy atom. The summed E-state index contributed by atoms with van der Waals surface area (Å²) in [5.74, 6) is 0.937. The zero-order valence-electron chi connectivity index (χ0n) is 14.6. The lowest BCUT2D eigenvalue weighted by atomic mass is 10.1. The molecule has 0 spiro atoms. The fraction of sp³-hybridized carbons (Fsp3) is 0.611. The minimum absolute atomic E-state index is 0. The molecule has 2 N–H and O–H groups in total. The normalized spacial score (nSPS) is 17.0. The van der Waals surface area contributed by atoms with Gasteiger partial charge in [0.2, 0.25) is 0 Å². The molecule has 130 valence electrons. The molecule has 2 rings (SSSR count). The van der Waals surface area contributed by atoms with E-state index in [4.69, 9.17) is 0 Å². The third-order valence-corrected chi connectivity index (χ3v) is 4.47. The second-order valence-electron chi connectivity index (χ2n) is 6.39. The summed E-state index contributed by atoms with van der Waals surface area (Å²) in [6.45, 7) is 0.897. The van der Waals surface area contributed by atoms with Crippen LogP contribution in [0.25, 0.3) is 0 Å². The fourth-order valence-electron chi connectivity index (χ4n) is 3.00. The van der Waals surface area contributed by atoms with Crippen LogP contribution in [-0.4, -0.2) is 50.6 Å². The molecular formula is C18H31IN4. The molecule has 1 aromatic rings. The molecular weight excluding hydrogens is 399 g/mol. The minimum Gasteiger partial charge on any atom is -0.355 e. The highest BCUT2D eigenvalue weighted by atomic mass is 127. The van der Waals surface area contributed by atoms with Crippen LogP contribution in [-0.2, 0) is 6.42 Å². The molecule has 0 radical (unpaired) electrons. The first-order valence-electron chi connectivity index (χ1n) is 8.36. The lowest BCUT2D eigenvalue weighted by Crippen LogP contribution is -2.48. The molecule has 1 unspecified atom stereocenters. The van der Waals surface area contributed by atoms with Gasteiger partial charge in [0.1, 0.15) is 0 Å². The van der Waals surface area contributed by atoms with Gasteiger partial charge in [0.05, 0.1) is 0 Å². The van der Waals surface area contributed by atoms with E-state index in [2.05, 4.69) is 65.0 Å². The third-order valence-electron chi connectivity index (χ3n) is 4.47. The third kappa shape index (κ3) is 7.08. The number of rotatable bonds is 6. The second kappa shape index (κ2) is 10.9. The molecule has 0 bridgehead atoms. The first-order valence-corrected chi connectivity index (χ1v) is 8.36. The SMILES string of the molecule is CN=C(NCC(Cc1ccccc1)N(C)C)NC1CCCC1.I. The summed E-state index contributed by atoms with van der Waals surface area (Å²) < 4.78 is 0. The standard InChI is InChI=1S/C18H30N4.HI/c1-19-18(21-16-11-7-8-12-16)20-14-17(22(2)3)13-15-9-5-4-6-10-15;/h4-6,9-10,16-17H,7-8,11-14H2,1-3H3,(H2,19,20,21);1H. The molecule has 1 fully saturated rings. The van der Waals surface area contributed by atoms with E-state index in [-0.39, 0.29) is 24.0 Å². The van der Waals surface area contributed by atoms with Gasteiger partial charge >= 0.3 is 0 Å². The summed E-state index contributed by atoms with van der Waals surface area (Å²) in [6, 6.07) is 11.7. The van der Waals surface area contributed by atoms with Gasteiger partial charge in [-0.15, -0.1) is 24.0 Å². The monoisotopic (exact) mass is 430 g/mol. The lowest BCUT2D eigenvalue weighted by molar-refractivity contribution is 0.290.